The Hall–Kier alpha value is -3.09. The second-order valence-corrected chi connectivity index (χ2v) is 8.34. The van der Waals surface area contributed by atoms with Gasteiger partial charge >= 0.3 is 0 Å². The highest BCUT2D eigenvalue weighted by Gasteiger charge is 2.21. The first-order valence-electron chi connectivity index (χ1n) is 11.2. The van der Waals surface area contributed by atoms with Crippen molar-refractivity contribution in [2.45, 2.75) is 66.8 Å². The lowest BCUT2D eigenvalue weighted by molar-refractivity contribution is -0.131. The molecule has 0 saturated heterocycles. The highest BCUT2D eigenvalue weighted by atomic mass is 19.1. The topological polar surface area (TPSA) is 63.9 Å². The molecule has 2 heterocycles. The van der Waals surface area contributed by atoms with E-state index in [0.717, 1.165) is 53.2 Å². The van der Waals surface area contributed by atoms with E-state index in [2.05, 4.69) is 22.0 Å². The van der Waals surface area contributed by atoms with Crippen molar-refractivity contribution in [3.63, 3.8) is 0 Å². The Bertz CT molecular complexity index is 1050. The first kappa shape index (κ1) is 23.6. The van der Waals surface area contributed by atoms with E-state index in [1.165, 1.54) is 12.1 Å². The monoisotopic (exact) mass is 437 g/mol. The van der Waals surface area contributed by atoms with Crippen LogP contribution in [0.15, 0.2) is 30.3 Å². The van der Waals surface area contributed by atoms with E-state index in [4.69, 9.17) is 0 Å². The molecule has 0 radical (unpaired) electrons. The summed E-state index contributed by atoms with van der Waals surface area (Å²) in [5, 5.41) is 4.62. The van der Waals surface area contributed by atoms with Crippen molar-refractivity contribution in [1.29, 1.82) is 0 Å². The van der Waals surface area contributed by atoms with Crippen molar-refractivity contribution < 1.29 is 9.18 Å². The predicted octanol–water partition coefficient (Wildman–Crippen LogP) is 4.80. The van der Waals surface area contributed by atoms with Gasteiger partial charge in [0.1, 0.15) is 5.82 Å². The second kappa shape index (κ2) is 10.5. The lowest BCUT2D eigenvalue weighted by Gasteiger charge is -2.23. The Morgan fingerprint density at radius 2 is 1.69 bits per heavy atom. The van der Waals surface area contributed by atoms with E-state index >= 15 is 0 Å². The maximum Gasteiger partial charge on any atom is 0.251 e. The van der Waals surface area contributed by atoms with E-state index in [1.54, 1.807) is 16.8 Å². The Morgan fingerprint density at radius 3 is 2.31 bits per heavy atom. The molecule has 0 saturated carbocycles. The lowest BCUT2D eigenvalue weighted by atomic mass is 10.1. The van der Waals surface area contributed by atoms with Crippen LogP contribution in [0.2, 0.25) is 0 Å². The second-order valence-electron chi connectivity index (χ2n) is 8.34. The van der Waals surface area contributed by atoms with Gasteiger partial charge in [-0.3, -0.25) is 4.79 Å². The molecule has 3 aromatic rings. The number of hydrogen-bond acceptors (Lipinski definition) is 4. The Balaban J connectivity index is 1.83. The predicted molar refractivity (Wildman–Crippen MR) is 123 cm³/mol. The minimum absolute atomic E-state index is 0.0394. The highest BCUT2D eigenvalue weighted by molar-refractivity contribution is 5.79. The third-order valence-corrected chi connectivity index (χ3v) is 5.60. The van der Waals surface area contributed by atoms with E-state index in [-0.39, 0.29) is 18.1 Å². The summed E-state index contributed by atoms with van der Waals surface area (Å²) >= 11 is 0. The van der Waals surface area contributed by atoms with Crippen LogP contribution in [0.3, 0.4) is 0 Å². The molecule has 6 nitrogen and oxygen atoms in total. The Morgan fingerprint density at radius 1 is 1.03 bits per heavy atom. The van der Waals surface area contributed by atoms with Gasteiger partial charge in [0.2, 0.25) is 5.91 Å². The molecule has 0 atom stereocenters. The van der Waals surface area contributed by atoms with Crippen LogP contribution in [0, 0.1) is 33.5 Å². The SMILES string of the molecule is CCCCCN(Cc1ccc(F)cc1)C(=O)Cc1c(C)nn(-c2nc(C)cc(C)n2)c1C. The van der Waals surface area contributed by atoms with Crippen LogP contribution in [0.25, 0.3) is 5.95 Å². The minimum Gasteiger partial charge on any atom is -0.338 e. The van der Waals surface area contributed by atoms with Gasteiger partial charge < -0.3 is 4.90 Å². The summed E-state index contributed by atoms with van der Waals surface area (Å²) < 4.78 is 15.0. The molecule has 7 heteroatoms. The molecule has 0 unspecified atom stereocenters. The fraction of sp³-hybridized carbons (Fsp3) is 0.440. The van der Waals surface area contributed by atoms with Crippen LogP contribution < -0.4 is 0 Å². The number of rotatable bonds is 9. The van der Waals surface area contributed by atoms with Gasteiger partial charge in [-0.25, -0.2) is 19.0 Å². The minimum atomic E-state index is -0.273. The van der Waals surface area contributed by atoms with Crippen LogP contribution >= 0.6 is 0 Å². The van der Waals surface area contributed by atoms with Crippen LogP contribution in [0.4, 0.5) is 4.39 Å². The molecule has 32 heavy (non-hydrogen) atoms. The van der Waals surface area contributed by atoms with Crippen LogP contribution in [0.1, 0.15) is 60.1 Å². The number of aromatic nitrogens is 4. The molecule has 2 aromatic heterocycles. The van der Waals surface area contributed by atoms with Crippen molar-refractivity contribution in [3.05, 3.63) is 70.1 Å². The number of aryl methyl sites for hydroxylation is 3. The van der Waals surface area contributed by atoms with E-state index in [1.807, 2.05) is 38.7 Å². The third-order valence-electron chi connectivity index (χ3n) is 5.60. The molecule has 0 aliphatic heterocycles. The fourth-order valence-electron chi connectivity index (χ4n) is 3.85. The molecular weight excluding hydrogens is 405 g/mol. The third kappa shape index (κ3) is 5.78. The van der Waals surface area contributed by atoms with Gasteiger partial charge in [0, 0.05) is 35.7 Å². The summed E-state index contributed by atoms with van der Waals surface area (Å²) in [6.45, 7) is 11.0. The van der Waals surface area contributed by atoms with E-state index < -0.39 is 0 Å². The summed E-state index contributed by atoms with van der Waals surface area (Å²) in [5.41, 5.74) is 5.24. The zero-order chi connectivity index (χ0) is 23.3. The zero-order valence-corrected chi connectivity index (χ0v) is 19.7. The number of carbonyl (C=O) groups excluding carboxylic acids is 1. The van der Waals surface area contributed by atoms with Gasteiger partial charge in [0.05, 0.1) is 12.1 Å². The number of amides is 1. The van der Waals surface area contributed by atoms with Crippen LogP contribution in [-0.2, 0) is 17.8 Å². The summed E-state index contributed by atoms with van der Waals surface area (Å²) in [5.74, 6) is 0.287. The zero-order valence-electron chi connectivity index (χ0n) is 19.7. The van der Waals surface area contributed by atoms with Crippen molar-refractivity contribution >= 4 is 5.91 Å². The number of hydrogen-bond donors (Lipinski definition) is 0. The molecule has 0 spiro atoms. The quantitative estimate of drug-likeness (QED) is 0.451. The highest BCUT2D eigenvalue weighted by Crippen LogP contribution is 2.19. The van der Waals surface area contributed by atoms with Gasteiger partial charge in [-0.2, -0.15) is 5.10 Å². The fourth-order valence-corrected chi connectivity index (χ4v) is 3.85. The van der Waals surface area contributed by atoms with E-state index in [9.17, 15) is 9.18 Å². The first-order chi connectivity index (χ1) is 15.3. The molecule has 1 amide bonds. The average molecular weight is 438 g/mol. The summed E-state index contributed by atoms with van der Waals surface area (Å²) in [6.07, 6.45) is 3.35. The van der Waals surface area contributed by atoms with Crippen LogP contribution in [-0.4, -0.2) is 37.1 Å². The molecule has 0 fully saturated rings. The molecule has 0 N–H and O–H groups in total. The lowest BCUT2D eigenvalue weighted by Crippen LogP contribution is -2.33. The summed E-state index contributed by atoms with van der Waals surface area (Å²) in [6, 6.07) is 8.27. The van der Waals surface area contributed by atoms with E-state index in [0.29, 0.717) is 19.0 Å². The molecule has 0 bridgehead atoms. The van der Waals surface area contributed by atoms with Crippen molar-refractivity contribution in [2.24, 2.45) is 0 Å². The largest absolute Gasteiger partial charge is 0.338 e. The van der Waals surface area contributed by atoms with Crippen LogP contribution in [0.5, 0.6) is 0 Å². The van der Waals surface area contributed by atoms with Crippen molar-refractivity contribution in [1.82, 2.24) is 24.6 Å². The number of unbranched alkanes of at least 4 members (excludes halogenated alkanes) is 2. The van der Waals surface area contributed by atoms with Gasteiger partial charge in [-0.05, 0) is 57.9 Å². The van der Waals surface area contributed by atoms with Gasteiger partial charge in [0.15, 0.2) is 0 Å². The number of benzene rings is 1. The number of carbonyl (C=O) groups is 1. The molecule has 170 valence electrons. The van der Waals surface area contributed by atoms with Gasteiger partial charge in [0.25, 0.3) is 5.95 Å². The molecule has 1 aromatic carbocycles. The molecular formula is C25H32FN5O. The van der Waals surface area contributed by atoms with Crippen molar-refractivity contribution in [3.8, 4) is 5.95 Å². The normalized spacial score (nSPS) is 11.1. The maximum atomic E-state index is 13.3. The molecule has 3 rings (SSSR count). The average Bonchev–Trinajstić information content (AvgIpc) is 3.02. The summed E-state index contributed by atoms with van der Waals surface area (Å²) in [4.78, 5) is 24.2. The Kier molecular flexibility index (Phi) is 7.72. The smallest absolute Gasteiger partial charge is 0.251 e. The van der Waals surface area contributed by atoms with Gasteiger partial charge in [-0.1, -0.05) is 31.9 Å². The standard InChI is InChI=1S/C25H32FN5O/c1-6-7-8-13-30(16-21-9-11-22(26)12-10-21)24(32)15-23-19(4)29-31(20(23)5)25-27-17(2)14-18(3)28-25/h9-12,14H,6-8,13,15-16H2,1-5H3. The number of halogens is 1. The number of nitrogens with zero attached hydrogens (tertiary/aromatic N) is 5. The summed E-state index contributed by atoms with van der Waals surface area (Å²) in [7, 11) is 0. The molecule has 0 aliphatic carbocycles. The van der Waals surface area contributed by atoms with Gasteiger partial charge in [-0.15, -0.1) is 0 Å². The maximum absolute atomic E-state index is 13.3. The first-order valence-corrected chi connectivity index (χ1v) is 11.2. The van der Waals surface area contributed by atoms with Crippen molar-refractivity contribution in [2.75, 3.05) is 6.54 Å². The molecule has 0 aliphatic rings. The Labute approximate surface area is 189 Å².